The molecular formula is C42H46N4O5. The SMILES string of the molecule is CCOc1ccc(C(CCN2CCC(C(=O)c3nc4ccccc4n3Cc3ccc(C(=O)OC)cc3)CC2)CN(C)C(=O)c2ccccc2)cc1. The van der Waals surface area contributed by atoms with E-state index in [0.29, 0.717) is 36.6 Å². The van der Waals surface area contributed by atoms with Crippen LogP contribution in [0.2, 0.25) is 0 Å². The van der Waals surface area contributed by atoms with Crippen LogP contribution < -0.4 is 4.74 Å². The van der Waals surface area contributed by atoms with Crippen LogP contribution in [0.5, 0.6) is 5.75 Å². The smallest absolute Gasteiger partial charge is 0.337 e. The Balaban J connectivity index is 1.11. The van der Waals surface area contributed by atoms with Crippen molar-refractivity contribution in [3.8, 4) is 5.75 Å². The number of piperidine rings is 1. The molecule has 1 fully saturated rings. The highest BCUT2D eigenvalue weighted by molar-refractivity contribution is 5.98. The monoisotopic (exact) mass is 686 g/mol. The van der Waals surface area contributed by atoms with Crippen LogP contribution >= 0.6 is 0 Å². The number of fused-ring (bicyclic) bond motifs is 1. The van der Waals surface area contributed by atoms with Gasteiger partial charge in [0.2, 0.25) is 5.78 Å². The van der Waals surface area contributed by atoms with E-state index in [2.05, 4.69) is 17.0 Å². The van der Waals surface area contributed by atoms with Crippen LogP contribution in [0.15, 0.2) is 103 Å². The van der Waals surface area contributed by atoms with E-state index in [4.69, 9.17) is 14.5 Å². The molecule has 2 heterocycles. The Bertz CT molecular complexity index is 1930. The zero-order chi connectivity index (χ0) is 35.7. The van der Waals surface area contributed by atoms with Crippen molar-refractivity contribution in [2.75, 3.05) is 46.9 Å². The molecule has 1 amide bonds. The Morgan fingerprint density at radius 2 is 1.55 bits per heavy atom. The molecule has 9 heteroatoms. The Hall–Kier alpha value is -5.28. The van der Waals surface area contributed by atoms with Crippen molar-refractivity contribution in [1.82, 2.24) is 19.4 Å². The summed E-state index contributed by atoms with van der Waals surface area (Å²) < 4.78 is 12.5. The summed E-state index contributed by atoms with van der Waals surface area (Å²) in [6.07, 6.45) is 2.40. The first-order valence-corrected chi connectivity index (χ1v) is 17.8. The number of aromatic nitrogens is 2. The first-order chi connectivity index (χ1) is 24.8. The van der Waals surface area contributed by atoms with Crippen LogP contribution in [-0.4, -0.2) is 84.0 Å². The highest BCUT2D eigenvalue weighted by Crippen LogP contribution is 2.28. The number of benzene rings is 4. The maximum Gasteiger partial charge on any atom is 0.337 e. The van der Waals surface area contributed by atoms with Crippen molar-refractivity contribution in [2.45, 2.75) is 38.6 Å². The first-order valence-electron chi connectivity index (χ1n) is 17.8. The number of esters is 1. The molecule has 1 aliphatic rings. The zero-order valence-corrected chi connectivity index (χ0v) is 29.7. The van der Waals surface area contributed by atoms with E-state index < -0.39 is 0 Å². The summed E-state index contributed by atoms with van der Waals surface area (Å²) in [4.78, 5) is 48.4. The zero-order valence-electron chi connectivity index (χ0n) is 29.7. The maximum absolute atomic E-state index is 14.1. The average molecular weight is 687 g/mol. The summed E-state index contributed by atoms with van der Waals surface area (Å²) in [5.74, 6) is 1.04. The molecule has 0 spiro atoms. The van der Waals surface area contributed by atoms with Gasteiger partial charge in [0.15, 0.2) is 5.82 Å². The second-order valence-electron chi connectivity index (χ2n) is 13.2. The van der Waals surface area contributed by atoms with E-state index in [9.17, 15) is 14.4 Å². The van der Waals surface area contributed by atoms with Gasteiger partial charge in [0.1, 0.15) is 5.75 Å². The van der Waals surface area contributed by atoms with E-state index in [-0.39, 0.29) is 29.5 Å². The number of hydrogen-bond acceptors (Lipinski definition) is 7. The molecule has 1 aliphatic heterocycles. The van der Waals surface area contributed by atoms with Crippen molar-refractivity contribution in [3.05, 3.63) is 131 Å². The number of carbonyl (C=O) groups excluding carboxylic acids is 3. The quantitative estimate of drug-likeness (QED) is 0.0908. The average Bonchev–Trinajstić information content (AvgIpc) is 3.54. The molecule has 51 heavy (non-hydrogen) atoms. The van der Waals surface area contributed by atoms with E-state index in [1.165, 1.54) is 12.7 Å². The maximum atomic E-state index is 14.1. The summed E-state index contributed by atoms with van der Waals surface area (Å²) in [5.41, 5.74) is 5.01. The third-order valence-corrected chi connectivity index (χ3v) is 9.87. The van der Waals surface area contributed by atoms with Gasteiger partial charge in [-0.1, -0.05) is 54.6 Å². The molecule has 1 atom stereocenters. The second-order valence-corrected chi connectivity index (χ2v) is 13.2. The molecular weight excluding hydrogens is 640 g/mol. The standard InChI is InChI=1S/C42H46N4O5/c1-4-51-36-20-18-31(19-21-36)35(29-44(2)41(48)33-10-6-5-7-11-33)24-27-45-25-22-32(23-26-45)39(47)40-43-37-12-8-9-13-38(37)46(40)28-30-14-16-34(17-15-30)42(49)50-3/h5-21,32,35H,4,22-29H2,1-3H3. The molecule has 1 aromatic heterocycles. The van der Waals surface area contributed by atoms with Crippen LogP contribution in [0, 0.1) is 5.92 Å². The van der Waals surface area contributed by atoms with E-state index in [1.54, 1.807) is 12.1 Å². The van der Waals surface area contributed by atoms with Crippen molar-refractivity contribution in [1.29, 1.82) is 0 Å². The minimum atomic E-state index is -0.381. The third kappa shape index (κ3) is 8.55. The van der Waals surface area contributed by atoms with Gasteiger partial charge in [-0.2, -0.15) is 0 Å². The lowest BCUT2D eigenvalue weighted by Gasteiger charge is -2.33. The number of para-hydroxylation sites is 2. The molecule has 1 saturated heterocycles. The number of hydrogen-bond donors (Lipinski definition) is 0. The van der Waals surface area contributed by atoms with Crippen LogP contribution in [0.1, 0.15) is 74.6 Å². The summed E-state index contributed by atoms with van der Waals surface area (Å²) in [6, 6.07) is 32.8. The molecule has 0 aliphatic carbocycles. The number of ether oxygens (including phenoxy) is 2. The van der Waals surface area contributed by atoms with Gasteiger partial charge in [-0.3, -0.25) is 9.59 Å². The van der Waals surface area contributed by atoms with Gasteiger partial charge in [-0.15, -0.1) is 0 Å². The van der Waals surface area contributed by atoms with Crippen LogP contribution in [0.25, 0.3) is 11.0 Å². The molecule has 0 N–H and O–H groups in total. The molecule has 5 aromatic rings. The van der Waals surface area contributed by atoms with Gasteiger partial charge in [0, 0.05) is 37.5 Å². The molecule has 4 aromatic carbocycles. The number of methoxy groups -OCH3 is 1. The van der Waals surface area contributed by atoms with Crippen molar-refractivity contribution < 1.29 is 23.9 Å². The molecule has 6 rings (SSSR count). The van der Waals surface area contributed by atoms with Crippen LogP contribution in [0.3, 0.4) is 0 Å². The van der Waals surface area contributed by atoms with Crippen molar-refractivity contribution in [2.24, 2.45) is 5.92 Å². The molecule has 0 saturated carbocycles. The fourth-order valence-corrected chi connectivity index (χ4v) is 6.99. The third-order valence-electron chi connectivity index (χ3n) is 9.87. The highest BCUT2D eigenvalue weighted by Gasteiger charge is 2.30. The lowest BCUT2D eigenvalue weighted by Crippen LogP contribution is -2.38. The van der Waals surface area contributed by atoms with E-state index >= 15 is 0 Å². The van der Waals surface area contributed by atoms with Crippen LogP contribution in [-0.2, 0) is 11.3 Å². The highest BCUT2D eigenvalue weighted by atomic mass is 16.5. The predicted octanol–water partition coefficient (Wildman–Crippen LogP) is 7.11. The number of likely N-dealkylation sites (N-methyl/N-ethyl adjacent to an activating group) is 1. The van der Waals surface area contributed by atoms with Crippen molar-refractivity contribution >= 4 is 28.7 Å². The topological polar surface area (TPSA) is 94.0 Å². The molecule has 264 valence electrons. The van der Waals surface area contributed by atoms with Gasteiger partial charge < -0.3 is 23.8 Å². The second kappa shape index (κ2) is 16.6. The number of amides is 1. The summed E-state index contributed by atoms with van der Waals surface area (Å²) in [7, 11) is 3.24. The number of Topliss-reactive ketones (excluding diaryl/α,β-unsaturated/α-hetero) is 1. The van der Waals surface area contributed by atoms with Gasteiger partial charge in [-0.05, 0) is 105 Å². The van der Waals surface area contributed by atoms with Crippen molar-refractivity contribution in [3.63, 3.8) is 0 Å². The Labute approximate surface area is 299 Å². The molecule has 0 radical (unpaired) electrons. The number of imidazole rings is 1. The normalized spacial score (nSPS) is 14.3. The Kier molecular flexibility index (Phi) is 11.6. The van der Waals surface area contributed by atoms with E-state index in [1.807, 2.05) is 102 Å². The fourth-order valence-electron chi connectivity index (χ4n) is 6.99. The van der Waals surface area contributed by atoms with Gasteiger partial charge >= 0.3 is 5.97 Å². The summed E-state index contributed by atoms with van der Waals surface area (Å²) >= 11 is 0. The Morgan fingerprint density at radius 3 is 2.24 bits per heavy atom. The van der Waals surface area contributed by atoms with Gasteiger partial charge in [-0.25, -0.2) is 9.78 Å². The fraction of sp³-hybridized carbons (Fsp3) is 0.333. The summed E-state index contributed by atoms with van der Waals surface area (Å²) in [6.45, 7) is 6.16. The number of ketones is 1. The summed E-state index contributed by atoms with van der Waals surface area (Å²) in [5, 5.41) is 0. The lowest BCUT2D eigenvalue weighted by molar-refractivity contribution is 0.0600. The van der Waals surface area contributed by atoms with Gasteiger partial charge in [0.25, 0.3) is 5.91 Å². The predicted molar refractivity (Wildman–Crippen MR) is 198 cm³/mol. The molecule has 1 unspecified atom stereocenters. The molecule has 0 bridgehead atoms. The number of nitrogens with zero attached hydrogens (tertiary/aromatic N) is 4. The first kappa shape index (κ1) is 35.5. The minimum Gasteiger partial charge on any atom is -0.494 e. The van der Waals surface area contributed by atoms with Crippen LogP contribution in [0.4, 0.5) is 0 Å². The minimum absolute atomic E-state index is 0.00935. The number of rotatable bonds is 14. The Morgan fingerprint density at radius 1 is 0.863 bits per heavy atom. The molecule has 9 nitrogen and oxygen atoms in total. The van der Waals surface area contributed by atoms with E-state index in [0.717, 1.165) is 61.2 Å². The lowest BCUT2D eigenvalue weighted by atomic mass is 9.90. The number of likely N-dealkylation sites (tertiary alicyclic amines) is 1. The van der Waals surface area contributed by atoms with Gasteiger partial charge in [0.05, 0.1) is 30.3 Å². The number of carbonyl (C=O) groups is 3. The largest absolute Gasteiger partial charge is 0.494 e.